The minimum atomic E-state index is -0.281. The molecule has 7 heteroatoms. The SMILES string of the molecule is O=C(NCC1CC1)c1nc2c(o1)CN(C(=O)c1cccnc1)C2. The lowest BCUT2D eigenvalue weighted by Crippen LogP contribution is -2.27. The van der Waals surface area contributed by atoms with Crippen LogP contribution in [0.15, 0.2) is 28.9 Å². The fourth-order valence-electron chi connectivity index (χ4n) is 2.59. The number of hydrogen-bond donors (Lipinski definition) is 1. The van der Waals surface area contributed by atoms with Crippen molar-refractivity contribution in [1.29, 1.82) is 0 Å². The zero-order chi connectivity index (χ0) is 15.8. The Morgan fingerprint density at radius 2 is 2.22 bits per heavy atom. The van der Waals surface area contributed by atoms with Crippen molar-refractivity contribution in [2.75, 3.05) is 6.54 Å². The van der Waals surface area contributed by atoms with Gasteiger partial charge in [-0.05, 0) is 30.9 Å². The molecule has 2 aromatic rings. The molecule has 4 rings (SSSR count). The second kappa shape index (κ2) is 5.49. The molecular weight excluding hydrogens is 296 g/mol. The molecule has 0 radical (unpaired) electrons. The molecular formula is C16H16N4O3. The van der Waals surface area contributed by atoms with Crippen LogP contribution in [0.2, 0.25) is 0 Å². The van der Waals surface area contributed by atoms with Crippen molar-refractivity contribution in [3.8, 4) is 0 Å². The van der Waals surface area contributed by atoms with Gasteiger partial charge in [0.25, 0.3) is 11.8 Å². The van der Waals surface area contributed by atoms with Gasteiger partial charge in [-0.1, -0.05) is 0 Å². The fraction of sp³-hybridized carbons (Fsp3) is 0.375. The Kier molecular flexibility index (Phi) is 3.33. The summed E-state index contributed by atoms with van der Waals surface area (Å²) in [4.78, 5) is 34.1. The first-order valence-corrected chi connectivity index (χ1v) is 7.67. The molecule has 23 heavy (non-hydrogen) atoms. The number of nitrogens with zero attached hydrogens (tertiary/aromatic N) is 3. The Hall–Kier alpha value is -2.70. The number of amides is 2. The lowest BCUT2D eigenvalue weighted by atomic mass is 10.2. The average molecular weight is 312 g/mol. The maximum atomic E-state index is 12.4. The molecule has 0 saturated heterocycles. The van der Waals surface area contributed by atoms with Gasteiger partial charge in [-0.3, -0.25) is 14.6 Å². The normalized spacial score (nSPS) is 16.3. The molecule has 1 fully saturated rings. The maximum Gasteiger partial charge on any atom is 0.307 e. The largest absolute Gasteiger partial charge is 0.435 e. The van der Waals surface area contributed by atoms with Gasteiger partial charge in [0.15, 0.2) is 0 Å². The van der Waals surface area contributed by atoms with Gasteiger partial charge >= 0.3 is 5.91 Å². The van der Waals surface area contributed by atoms with E-state index in [1.54, 1.807) is 23.2 Å². The van der Waals surface area contributed by atoms with E-state index in [0.29, 0.717) is 42.6 Å². The van der Waals surface area contributed by atoms with Crippen molar-refractivity contribution in [3.63, 3.8) is 0 Å². The van der Waals surface area contributed by atoms with Gasteiger partial charge in [-0.15, -0.1) is 0 Å². The zero-order valence-corrected chi connectivity index (χ0v) is 12.5. The predicted octanol–water partition coefficient (Wildman–Crippen LogP) is 1.37. The van der Waals surface area contributed by atoms with E-state index in [9.17, 15) is 9.59 Å². The Labute approximate surface area is 132 Å². The first-order chi connectivity index (χ1) is 11.2. The minimum absolute atomic E-state index is 0.0872. The highest BCUT2D eigenvalue weighted by atomic mass is 16.4. The predicted molar refractivity (Wildman–Crippen MR) is 79.4 cm³/mol. The second-order valence-electron chi connectivity index (χ2n) is 5.95. The molecule has 2 amide bonds. The van der Waals surface area contributed by atoms with Crippen molar-refractivity contribution in [1.82, 2.24) is 20.2 Å². The van der Waals surface area contributed by atoms with Crippen LogP contribution in [0.1, 0.15) is 45.3 Å². The summed E-state index contributed by atoms with van der Waals surface area (Å²) in [5.74, 6) is 0.874. The summed E-state index contributed by atoms with van der Waals surface area (Å²) >= 11 is 0. The molecule has 1 N–H and O–H groups in total. The Morgan fingerprint density at radius 1 is 1.35 bits per heavy atom. The van der Waals surface area contributed by atoms with E-state index in [0.717, 1.165) is 0 Å². The summed E-state index contributed by atoms with van der Waals surface area (Å²) in [6.45, 7) is 1.35. The third-order valence-electron chi connectivity index (χ3n) is 4.09. The van der Waals surface area contributed by atoms with Crippen molar-refractivity contribution in [2.24, 2.45) is 5.92 Å². The molecule has 2 aromatic heterocycles. The van der Waals surface area contributed by atoms with E-state index in [1.165, 1.54) is 19.0 Å². The van der Waals surface area contributed by atoms with E-state index in [-0.39, 0.29) is 17.7 Å². The Balaban J connectivity index is 1.41. The van der Waals surface area contributed by atoms with E-state index in [1.807, 2.05) is 0 Å². The van der Waals surface area contributed by atoms with E-state index >= 15 is 0 Å². The monoisotopic (exact) mass is 312 g/mol. The van der Waals surface area contributed by atoms with Crippen molar-refractivity contribution in [2.45, 2.75) is 25.9 Å². The standard InChI is InChI=1S/C16H16N4O3/c21-14(18-6-10-3-4-10)15-19-12-8-20(9-13(12)23-15)16(22)11-2-1-5-17-7-11/h1-2,5,7,10H,3-4,6,8-9H2,(H,18,21). The molecule has 7 nitrogen and oxygen atoms in total. The van der Waals surface area contributed by atoms with Crippen LogP contribution in [0.25, 0.3) is 0 Å². The van der Waals surface area contributed by atoms with Crippen LogP contribution in [-0.4, -0.2) is 33.2 Å². The lowest BCUT2D eigenvalue weighted by Gasteiger charge is -2.14. The highest BCUT2D eigenvalue weighted by Crippen LogP contribution is 2.28. The fourth-order valence-corrected chi connectivity index (χ4v) is 2.59. The van der Waals surface area contributed by atoms with Gasteiger partial charge in [-0.25, -0.2) is 4.98 Å². The van der Waals surface area contributed by atoms with Gasteiger partial charge in [-0.2, -0.15) is 0 Å². The highest BCUT2D eigenvalue weighted by molar-refractivity contribution is 5.94. The number of aromatic nitrogens is 2. The van der Waals surface area contributed by atoms with E-state index in [4.69, 9.17) is 4.42 Å². The topological polar surface area (TPSA) is 88.3 Å². The number of rotatable bonds is 4. The summed E-state index contributed by atoms with van der Waals surface area (Å²) in [6.07, 6.45) is 5.51. The van der Waals surface area contributed by atoms with Crippen molar-refractivity contribution in [3.05, 3.63) is 47.4 Å². The summed E-state index contributed by atoms with van der Waals surface area (Å²) in [7, 11) is 0. The van der Waals surface area contributed by atoms with E-state index < -0.39 is 0 Å². The lowest BCUT2D eigenvalue weighted by molar-refractivity contribution is 0.0740. The Bertz CT molecular complexity index is 728. The quantitative estimate of drug-likeness (QED) is 0.921. The summed E-state index contributed by atoms with van der Waals surface area (Å²) in [5.41, 5.74) is 1.18. The first kappa shape index (κ1) is 13.9. The molecule has 1 aliphatic carbocycles. The zero-order valence-electron chi connectivity index (χ0n) is 12.5. The summed E-state index contributed by atoms with van der Waals surface area (Å²) < 4.78 is 5.52. The average Bonchev–Trinajstić information content (AvgIpc) is 3.19. The van der Waals surface area contributed by atoms with Gasteiger partial charge in [0, 0.05) is 18.9 Å². The van der Waals surface area contributed by atoms with Crippen molar-refractivity contribution < 1.29 is 14.0 Å². The number of carbonyl (C=O) groups excluding carboxylic acids is 2. The third kappa shape index (κ3) is 2.81. The summed E-state index contributed by atoms with van der Waals surface area (Å²) in [6, 6.07) is 3.45. The van der Waals surface area contributed by atoms with Crippen LogP contribution in [0.5, 0.6) is 0 Å². The molecule has 1 saturated carbocycles. The number of fused-ring (bicyclic) bond motifs is 1. The molecule has 0 bridgehead atoms. The van der Waals surface area contributed by atoms with Crippen LogP contribution in [0, 0.1) is 5.92 Å². The van der Waals surface area contributed by atoms with Crippen LogP contribution in [-0.2, 0) is 13.1 Å². The molecule has 2 aliphatic rings. The number of carbonyl (C=O) groups is 2. The van der Waals surface area contributed by atoms with Gasteiger partial charge < -0.3 is 14.6 Å². The maximum absolute atomic E-state index is 12.4. The third-order valence-corrected chi connectivity index (χ3v) is 4.09. The Morgan fingerprint density at radius 3 is 2.91 bits per heavy atom. The van der Waals surface area contributed by atoms with Crippen LogP contribution in [0.3, 0.4) is 0 Å². The molecule has 3 heterocycles. The number of oxazole rings is 1. The summed E-state index contributed by atoms with van der Waals surface area (Å²) in [5, 5.41) is 2.83. The van der Waals surface area contributed by atoms with Gasteiger partial charge in [0.05, 0.1) is 18.7 Å². The second-order valence-corrected chi connectivity index (χ2v) is 5.95. The van der Waals surface area contributed by atoms with Crippen LogP contribution >= 0.6 is 0 Å². The van der Waals surface area contributed by atoms with Crippen molar-refractivity contribution >= 4 is 11.8 Å². The first-order valence-electron chi connectivity index (χ1n) is 7.67. The van der Waals surface area contributed by atoms with Gasteiger partial charge in [0.2, 0.25) is 0 Å². The molecule has 118 valence electrons. The molecule has 1 aliphatic heterocycles. The smallest absolute Gasteiger partial charge is 0.307 e. The number of nitrogens with one attached hydrogen (secondary N) is 1. The highest BCUT2D eigenvalue weighted by Gasteiger charge is 2.31. The molecule has 0 spiro atoms. The molecule has 0 aromatic carbocycles. The number of pyridine rings is 1. The van der Waals surface area contributed by atoms with E-state index in [2.05, 4.69) is 15.3 Å². The van der Waals surface area contributed by atoms with Crippen LogP contribution < -0.4 is 5.32 Å². The minimum Gasteiger partial charge on any atom is -0.435 e. The number of hydrogen-bond acceptors (Lipinski definition) is 5. The van der Waals surface area contributed by atoms with Gasteiger partial charge in [0.1, 0.15) is 11.5 Å². The molecule has 0 unspecified atom stereocenters. The van der Waals surface area contributed by atoms with Crippen LogP contribution in [0.4, 0.5) is 0 Å². The molecule has 0 atom stereocenters.